The summed E-state index contributed by atoms with van der Waals surface area (Å²) in [6.45, 7) is 5.55. The van der Waals surface area contributed by atoms with Gasteiger partial charge >= 0.3 is 0 Å². The van der Waals surface area contributed by atoms with Gasteiger partial charge in [-0.05, 0) is 32.1 Å². The number of halogens is 1. The molecule has 1 aromatic rings. The normalized spacial score (nSPS) is 22.5. The van der Waals surface area contributed by atoms with Gasteiger partial charge in [-0.1, -0.05) is 13.3 Å². The molecule has 5 heteroatoms. The first-order valence-corrected chi connectivity index (χ1v) is 7.49. The van der Waals surface area contributed by atoms with Crippen molar-refractivity contribution >= 4 is 17.5 Å². The van der Waals surface area contributed by atoms with Crippen LogP contribution in [0.1, 0.15) is 38.3 Å². The highest BCUT2D eigenvalue weighted by Crippen LogP contribution is 2.30. The summed E-state index contributed by atoms with van der Waals surface area (Å²) in [6.07, 6.45) is 4.50. The van der Waals surface area contributed by atoms with Gasteiger partial charge in [-0.3, -0.25) is 0 Å². The maximum atomic E-state index is 6.27. The third-order valence-electron chi connectivity index (χ3n) is 3.37. The smallest absolute Gasteiger partial charge is 0.226 e. The second kappa shape index (κ2) is 6.94. The Morgan fingerprint density at radius 2 is 2.26 bits per heavy atom. The molecule has 1 aromatic heterocycles. The quantitative estimate of drug-likeness (QED) is 0.813. The van der Waals surface area contributed by atoms with Crippen molar-refractivity contribution in [3.63, 3.8) is 0 Å². The predicted octanol–water partition coefficient (Wildman–Crippen LogP) is 3.39. The van der Waals surface area contributed by atoms with Crippen molar-refractivity contribution in [3.05, 3.63) is 11.8 Å². The molecule has 0 bridgehead atoms. The molecular weight excluding hydrogens is 262 g/mol. The van der Waals surface area contributed by atoms with E-state index in [0.29, 0.717) is 24.4 Å². The molecule has 1 saturated carbocycles. The molecule has 1 N–H and O–H groups in total. The maximum absolute atomic E-state index is 6.27. The van der Waals surface area contributed by atoms with E-state index in [-0.39, 0.29) is 5.38 Å². The Bertz CT molecular complexity index is 414. The summed E-state index contributed by atoms with van der Waals surface area (Å²) >= 11 is 6.27. The third-order valence-corrected chi connectivity index (χ3v) is 3.95. The van der Waals surface area contributed by atoms with Crippen LogP contribution in [0.15, 0.2) is 6.07 Å². The molecule has 0 amide bonds. The molecule has 2 unspecified atom stereocenters. The first kappa shape index (κ1) is 14.4. The van der Waals surface area contributed by atoms with Crippen LogP contribution >= 0.6 is 11.6 Å². The van der Waals surface area contributed by atoms with Crippen molar-refractivity contribution < 1.29 is 4.74 Å². The van der Waals surface area contributed by atoms with Gasteiger partial charge < -0.3 is 10.1 Å². The highest BCUT2D eigenvalue weighted by Gasteiger charge is 2.25. The molecule has 0 aromatic carbocycles. The average molecular weight is 284 g/mol. The number of hydrogen-bond acceptors (Lipinski definition) is 4. The topological polar surface area (TPSA) is 47.0 Å². The van der Waals surface area contributed by atoms with Crippen LogP contribution in [0.4, 0.5) is 5.95 Å². The van der Waals surface area contributed by atoms with E-state index in [0.717, 1.165) is 25.1 Å². The van der Waals surface area contributed by atoms with Gasteiger partial charge in [-0.15, -0.1) is 11.6 Å². The van der Waals surface area contributed by atoms with Gasteiger partial charge in [-0.25, -0.2) is 4.98 Å². The lowest BCUT2D eigenvalue weighted by Gasteiger charge is -2.15. The second-order valence-electron chi connectivity index (χ2n) is 5.11. The van der Waals surface area contributed by atoms with Crippen molar-refractivity contribution in [2.45, 2.75) is 44.9 Å². The van der Waals surface area contributed by atoms with Gasteiger partial charge in [0.15, 0.2) is 0 Å². The highest BCUT2D eigenvalue weighted by atomic mass is 35.5. The molecule has 0 saturated heterocycles. The molecule has 19 heavy (non-hydrogen) atoms. The summed E-state index contributed by atoms with van der Waals surface area (Å²) in [7, 11) is 0. The molecule has 0 radical (unpaired) electrons. The second-order valence-corrected chi connectivity index (χ2v) is 5.67. The lowest BCUT2D eigenvalue weighted by molar-refractivity contribution is 0.305. The fourth-order valence-corrected chi connectivity index (χ4v) is 2.71. The Morgan fingerprint density at radius 1 is 1.42 bits per heavy atom. The number of aryl methyl sites for hydroxylation is 1. The van der Waals surface area contributed by atoms with Gasteiger partial charge in [0.05, 0.1) is 6.61 Å². The minimum absolute atomic E-state index is 0.285. The number of anilines is 1. The van der Waals surface area contributed by atoms with Crippen LogP contribution in [0.5, 0.6) is 5.88 Å². The van der Waals surface area contributed by atoms with E-state index >= 15 is 0 Å². The van der Waals surface area contributed by atoms with Gasteiger partial charge in [-0.2, -0.15) is 4.98 Å². The van der Waals surface area contributed by atoms with E-state index in [2.05, 4.69) is 22.2 Å². The van der Waals surface area contributed by atoms with Crippen LogP contribution in [-0.4, -0.2) is 28.5 Å². The van der Waals surface area contributed by atoms with E-state index in [1.54, 1.807) is 0 Å². The zero-order valence-electron chi connectivity index (χ0n) is 11.7. The van der Waals surface area contributed by atoms with Crippen molar-refractivity contribution in [3.8, 4) is 5.88 Å². The number of nitrogens with zero attached hydrogens (tertiary/aromatic N) is 2. The lowest BCUT2D eigenvalue weighted by Crippen LogP contribution is -2.19. The fraction of sp³-hybridized carbons (Fsp3) is 0.714. The molecule has 0 spiro atoms. The summed E-state index contributed by atoms with van der Waals surface area (Å²) in [5.74, 6) is 1.80. The molecule has 1 fully saturated rings. The van der Waals surface area contributed by atoms with E-state index in [1.165, 1.54) is 12.8 Å². The molecule has 106 valence electrons. The van der Waals surface area contributed by atoms with Crippen molar-refractivity contribution in [2.75, 3.05) is 18.5 Å². The molecule has 4 nitrogen and oxygen atoms in total. The first-order chi connectivity index (χ1) is 9.19. The highest BCUT2D eigenvalue weighted by molar-refractivity contribution is 6.20. The van der Waals surface area contributed by atoms with Gasteiger partial charge in [0.25, 0.3) is 0 Å². The number of alkyl halides is 1. The number of hydrogen-bond donors (Lipinski definition) is 1. The van der Waals surface area contributed by atoms with Crippen molar-refractivity contribution in [2.24, 2.45) is 5.92 Å². The number of aromatic nitrogens is 2. The van der Waals surface area contributed by atoms with Gasteiger partial charge in [0.1, 0.15) is 0 Å². The third kappa shape index (κ3) is 4.23. The first-order valence-electron chi connectivity index (χ1n) is 7.05. The molecule has 1 heterocycles. The average Bonchev–Trinajstić information content (AvgIpc) is 2.79. The Labute approximate surface area is 119 Å². The Morgan fingerprint density at radius 3 is 2.95 bits per heavy atom. The molecule has 2 atom stereocenters. The molecule has 1 aliphatic rings. The van der Waals surface area contributed by atoms with Gasteiger partial charge in [0, 0.05) is 23.7 Å². The van der Waals surface area contributed by atoms with E-state index in [9.17, 15) is 0 Å². The monoisotopic (exact) mass is 283 g/mol. The summed E-state index contributed by atoms with van der Waals surface area (Å²) in [5.41, 5.74) is 0.914. The van der Waals surface area contributed by atoms with Crippen LogP contribution in [0, 0.1) is 12.8 Å². The standard InChI is InChI=1S/C14H22ClN3O/c1-3-7-19-13-8-10(2)17-14(18-13)16-9-11-5-4-6-12(11)15/h8,11-12H,3-7,9H2,1-2H3,(H,16,17,18). The molecule has 1 aliphatic carbocycles. The fourth-order valence-electron chi connectivity index (χ4n) is 2.34. The Balaban J connectivity index is 1.93. The predicted molar refractivity (Wildman–Crippen MR) is 78.0 cm³/mol. The summed E-state index contributed by atoms with van der Waals surface area (Å²) in [5, 5.41) is 3.57. The Hall–Kier alpha value is -1.03. The van der Waals surface area contributed by atoms with E-state index in [1.807, 2.05) is 13.0 Å². The van der Waals surface area contributed by atoms with E-state index in [4.69, 9.17) is 16.3 Å². The number of ether oxygens (including phenoxy) is 1. The molecule has 2 rings (SSSR count). The van der Waals surface area contributed by atoms with Crippen LogP contribution in [-0.2, 0) is 0 Å². The zero-order valence-corrected chi connectivity index (χ0v) is 12.4. The maximum Gasteiger partial charge on any atom is 0.226 e. The van der Waals surface area contributed by atoms with Crippen molar-refractivity contribution in [1.82, 2.24) is 9.97 Å². The SMILES string of the molecule is CCCOc1cc(C)nc(NCC2CCCC2Cl)n1. The molecule has 0 aliphatic heterocycles. The number of nitrogens with one attached hydrogen (secondary N) is 1. The number of rotatable bonds is 6. The summed E-state index contributed by atoms with van der Waals surface area (Å²) in [6, 6.07) is 1.86. The minimum Gasteiger partial charge on any atom is -0.478 e. The lowest BCUT2D eigenvalue weighted by atomic mass is 10.1. The zero-order chi connectivity index (χ0) is 13.7. The molecular formula is C14H22ClN3O. The van der Waals surface area contributed by atoms with Crippen LogP contribution in [0.2, 0.25) is 0 Å². The summed E-state index contributed by atoms with van der Waals surface area (Å²) in [4.78, 5) is 8.75. The van der Waals surface area contributed by atoms with Gasteiger partial charge in [0.2, 0.25) is 11.8 Å². The van der Waals surface area contributed by atoms with Crippen LogP contribution in [0.25, 0.3) is 0 Å². The van der Waals surface area contributed by atoms with Crippen LogP contribution < -0.4 is 10.1 Å². The van der Waals surface area contributed by atoms with Crippen LogP contribution in [0.3, 0.4) is 0 Å². The van der Waals surface area contributed by atoms with E-state index < -0.39 is 0 Å². The Kier molecular flexibility index (Phi) is 5.25. The van der Waals surface area contributed by atoms with Crippen molar-refractivity contribution in [1.29, 1.82) is 0 Å². The summed E-state index contributed by atoms with van der Waals surface area (Å²) < 4.78 is 5.55. The largest absolute Gasteiger partial charge is 0.478 e. The minimum atomic E-state index is 0.285.